The number of carboxylic acid groups (broad SMARTS) is 1. The number of rotatable bonds is 4. The van der Waals surface area contributed by atoms with Crippen LogP contribution in [0.2, 0.25) is 0 Å². The zero-order valence-corrected chi connectivity index (χ0v) is 18.8. The molecule has 6 rings (SSSR count). The highest BCUT2D eigenvalue weighted by molar-refractivity contribution is 8.00. The minimum absolute atomic E-state index is 0.00622. The summed E-state index contributed by atoms with van der Waals surface area (Å²) in [7, 11) is 0. The first-order valence-electron chi connectivity index (χ1n) is 11.4. The fraction of sp³-hybridized carbons (Fsp3) is 0.727. The minimum atomic E-state index is -0.902. The SMILES string of the molecule is O=C(O)CCCN1C(=O)[C@@H]2[C@H]3C[C@@H]([C@H]4Sc5[nH]c(=O)sc5C5(CCCCC5)[C@@H]34)[C@H]2C1=O. The number of thiazole rings is 1. The molecule has 2 N–H and O–H groups in total. The third kappa shape index (κ3) is 2.65. The number of fused-ring (bicyclic) bond motifs is 11. The van der Waals surface area contributed by atoms with Crippen LogP contribution in [0.5, 0.6) is 0 Å². The number of aliphatic carboxylic acids is 1. The van der Waals surface area contributed by atoms with Crippen LogP contribution >= 0.6 is 23.1 Å². The van der Waals surface area contributed by atoms with Crippen LogP contribution in [0.3, 0.4) is 0 Å². The van der Waals surface area contributed by atoms with Gasteiger partial charge in [0, 0.05) is 28.5 Å². The van der Waals surface area contributed by atoms with E-state index in [4.69, 9.17) is 5.11 Å². The first kappa shape index (κ1) is 20.0. The standard InChI is InChI=1S/C22H26N2O5S2/c25-12(26)5-4-8-24-19(27)13-10-9-11(14(13)20(24)28)16-15(10)22(6-2-1-3-7-22)17-18(30-16)23-21(29)31-17/h10-11,13-16H,1-9H2,(H,23,29)(H,25,26)/t10-,11-,13-,14-,15+,16-/m1/s1. The van der Waals surface area contributed by atoms with E-state index in [0.717, 1.165) is 37.1 Å². The Kier molecular flexibility index (Phi) is 4.49. The number of hydrogen-bond donors (Lipinski definition) is 2. The summed E-state index contributed by atoms with van der Waals surface area (Å²) in [5.41, 5.74) is -0.0300. The molecule has 9 heteroatoms. The summed E-state index contributed by atoms with van der Waals surface area (Å²) in [5.74, 6) is -0.869. The number of H-pyrrole nitrogens is 1. The lowest BCUT2D eigenvalue weighted by Gasteiger charge is -2.52. The van der Waals surface area contributed by atoms with Crippen LogP contribution < -0.4 is 4.87 Å². The Morgan fingerprint density at radius 1 is 1.10 bits per heavy atom. The fourth-order valence-corrected chi connectivity index (χ4v) is 10.9. The van der Waals surface area contributed by atoms with Crippen LogP contribution in [0, 0.1) is 29.6 Å². The van der Waals surface area contributed by atoms with Crippen molar-refractivity contribution in [1.82, 2.24) is 9.88 Å². The highest BCUT2D eigenvalue weighted by Gasteiger charge is 2.71. The minimum Gasteiger partial charge on any atom is -0.481 e. The molecule has 0 aromatic carbocycles. The van der Waals surface area contributed by atoms with Crippen molar-refractivity contribution in [3.05, 3.63) is 14.5 Å². The zero-order valence-electron chi connectivity index (χ0n) is 17.2. The number of hydrogen-bond acceptors (Lipinski definition) is 6. The molecule has 3 heterocycles. The zero-order chi connectivity index (χ0) is 21.5. The van der Waals surface area contributed by atoms with E-state index in [-0.39, 0.29) is 64.0 Å². The first-order valence-corrected chi connectivity index (χ1v) is 13.1. The number of carbonyl (C=O) groups excluding carboxylic acids is 2. The molecule has 3 aliphatic carbocycles. The molecule has 5 aliphatic rings. The molecule has 3 saturated carbocycles. The highest BCUT2D eigenvalue weighted by Crippen LogP contribution is 2.71. The molecule has 6 atom stereocenters. The van der Waals surface area contributed by atoms with Crippen LogP contribution in [0.4, 0.5) is 0 Å². The van der Waals surface area contributed by atoms with Crippen LogP contribution in [0.25, 0.3) is 0 Å². The molecule has 166 valence electrons. The Morgan fingerprint density at radius 3 is 2.52 bits per heavy atom. The number of amides is 2. The number of aromatic nitrogens is 1. The number of aromatic amines is 1. The van der Waals surface area contributed by atoms with E-state index < -0.39 is 5.97 Å². The van der Waals surface area contributed by atoms with Crippen LogP contribution in [-0.4, -0.2) is 44.6 Å². The number of carbonyl (C=O) groups is 3. The molecular formula is C22H26N2O5S2. The highest BCUT2D eigenvalue weighted by atomic mass is 32.2. The van der Waals surface area contributed by atoms with Crippen molar-refractivity contribution in [3.63, 3.8) is 0 Å². The topological polar surface area (TPSA) is 108 Å². The number of thioether (sulfide) groups is 1. The Morgan fingerprint density at radius 2 is 1.81 bits per heavy atom. The Balaban J connectivity index is 1.36. The number of nitrogens with one attached hydrogen (secondary N) is 1. The van der Waals surface area contributed by atoms with Gasteiger partial charge in [-0.15, -0.1) is 11.8 Å². The van der Waals surface area contributed by atoms with Crippen molar-refractivity contribution >= 4 is 40.9 Å². The molecule has 1 aromatic heterocycles. The van der Waals surface area contributed by atoms with Gasteiger partial charge in [-0.3, -0.25) is 24.1 Å². The maximum absolute atomic E-state index is 13.4. The van der Waals surface area contributed by atoms with E-state index >= 15 is 0 Å². The van der Waals surface area contributed by atoms with Crippen molar-refractivity contribution < 1.29 is 19.5 Å². The summed E-state index contributed by atoms with van der Waals surface area (Å²) in [5, 5.41) is 10.2. The number of likely N-dealkylation sites (tertiary alicyclic amines) is 1. The van der Waals surface area contributed by atoms with Gasteiger partial charge in [-0.25, -0.2) is 0 Å². The molecule has 0 radical (unpaired) electrons. The second kappa shape index (κ2) is 6.94. The summed E-state index contributed by atoms with van der Waals surface area (Å²) < 4.78 is 0. The predicted molar refractivity (Wildman–Crippen MR) is 115 cm³/mol. The third-order valence-electron chi connectivity index (χ3n) is 8.67. The smallest absolute Gasteiger partial charge is 0.305 e. The lowest BCUT2D eigenvalue weighted by molar-refractivity contribution is -0.142. The molecule has 31 heavy (non-hydrogen) atoms. The lowest BCUT2D eigenvalue weighted by atomic mass is 9.57. The molecule has 1 saturated heterocycles. The van der Waals surface area contributed by atoms with Gasteiger partial charge in [0.2, 0.25) is 11.8 Å². The fourth-order valence-electron chi connectivity index (χ4n) is 7.75. The maximum atomic E-state index is 13.4. The Labute approximate surface area is 188 Å². The largest absolute Gasteiger partial charge is 0.481 e. The van der Waals surface area contributed by atoms with E-state index in [2.05, 4.69) is 4.98 Å². The van der Waals surface area contributed by atoms with Gasteiger partial charge in [-0.2, -0.15) is 0 Å². The van der Waals surface area contributed by atoms with E-state index in [9.17, 15) is 19.2 Å². The van der Waals surface area contributed by atoms with Crippen LogP contribution in [0.1, 0.15) is 56.2 Å². The summed E-state index contributed by atoms with van der Waals surface area (Å²) in [6.45, 7) is 0.213. The summed E-state index contributed by atoms with van der Waals surface area (Å²) in [6, 6.07) is 0. The van der Waals surface area contributed by atoms with Gasteiger partial charge in [-0.1, -0.05) is 30.6 Å². The second-order valence-electron chi connectivity index (χ2n) is 9.94. The molecule has 7 nitrogen and oxygen atoms in total. The molecule has 2 amide bonds. The van der Waals surface area contributed by atoms with Crippen molar-refractivity contribution in [2.24, 2.45) is 29.6 Å². The molecule has 0 unspecified atom stereocenters. The van der Waals surface area contributed by atoms with E-state index in [1.807, 2.05) is 0 Å². The van der Waals surface area contributed by atoms with Crippen molar-refractivity contribution in [1.29, 1.82) is 0 Å². The molecule has 2 bridgehead atoms. The normalized spacial score (nSPS) is 37.2. The third-order valence-corrected chi connectivity index (χ3v) is 11.4. The molecular weight excluding hydrogens is 436 g/mol. The van der Waals surface area contributed by atoms with E-state index in [1.54, 1.807) is 11.8 Å². The van der Waals surface area contributed by atoms with Crippen LogP contribution in [0.15, 0.2) is 9.82 Å². The molecule has 1 aromatic rings. The Bertz CT molecular complexity index is 1030. The molecule has 1 spiro atoms. The first-order chi connectivity index (χ1) is 14.9. The lowest BCUT2D eigenvalue weighted by Crippen LogP contribution is -2.51. The molecule has 4 fully saturated rings. The summed E-state index contributed by atoms with van der Waals surface area (Å²) >= 11 is 3.11. The van der Waals surface area contributed by atoms with Gasteiger partial charge in [0.1, 0.15) is 0 Å². The number of carboxylic acids is 1. The number of imide groups is 1. The van der Waals surface area contributed by atoms with E-state index in [1.165, 1.54) is 27.5 Å². The maximum Gasteiger partial charge on any atom is 0.305 e. The predicted octanol–water partition coefficient (Wildman–Crippen LogP) is 2.84. The monoisotopic (exact) mass is 462 g/mol. The van der Waals surface area contributed by atoms with Gasteiger partial charge >= 0.3 is 10.8 Å². The summed E-state index contributed by atoms with van der Waals surface area (Å²) in [4.78, 5) is 55.4. The van der Waals surface area contributed by atoms with E-state index in [0.29, 0.717) is 12.3 Å². The van der Waals surface area contributed by atoms with Gasteiger partial charge in [-0.05, 0) is 43.4 Å². The van der Waals surface area contributed by atoms with Crippen molar-refractivity contribution in [3.8, 4) is 0 Å². The van der Waals surface area contributed by atoms with Gasteiger partial charge in [0.25, 0.3) is 0 Å². The van der Waals surface area contributed by atoms with Gasteiger partial charge in [0.05, 0.1) is 16.9 Å². The van der Waals surface area contributed by atoms with Crippen LogP contribution in [-0.2, 0) is 19.8 Å². The quantitative estimate of drug-likeness (QED) is 0.667. The van der Waals surface area contributed by atoms with Gasteiger partial charge < -0.3 is 10.1 Å². The average molecular weight is 463 g/mol. The van der Waals surface area contributed by atoms with Crippen molar-refractivity contribution in [2.75, 3.05) is 6.54 Å². The molecule has 2 aliphatic heterocycles. The van der Waals surface area contributed by atoms with Gasteiger partial charge in [0.15, 0.2) is 0 Å². The Hall–Kier alpha value is -1.61. The van der Waals surface area contributed by atoms with Crippen molar-refractivity contribution in [2.45, 2.75) is 67.1 Å². The average Bonchev–Trinajstić information content (AvgIpc) is 3.46. The second-order valence-corrected chi connectivity index (χ2v) is 12.1. The number of nitrogens with zero attached hydrogens (tertiary/aromatic N) is 1. The summed E-state index contributed by atoms with van der Waals surface area (Å²) in [6.07, 6.45) is 6.87.